The average Bonchev–Trinajstić information content (AvgIpc) is 2.64. The highest BCUT2D eigenvalue weighted by Crippen LogP contribution is 2.34. The van der Waals surface area contributed by atoms with Gasteiger partial charge < -0.3 is 10.0 Å². The Hall–Kier alpha value is -3.33. The highest BCUT2D eigenvalue weighted by molar-refractivity contribution is 5.85. The summed E-state index contributed by atoms with van der Waals surface area (Å²) in [6.45, 7) is 4.15. The fourth-order valence-corrected chi connectivity index (χ4v) is 2.74. The molecule has 3 rings (SSSR count). The number of nitrogens with zero attached hydrogens (tertiary/aromatic N) is 1. The summed E-state index contributed by atoms with van der Waals surface area (Å²) in [5.74, 6) is -0.949. The van der Waals surface area contributed by atoms with E-state index in [4.69, 9.17) is 5.11 Å². The lowest BCUT2D eigenvalue weighted by Gasteiger charge is -2.25. The van der Waals surface area contributed by atoms with E-state index in [1.807, 2.05) is 24.3 Å². The van der Waals surface area contributed by atoms with E-state index in [-0.39, 0.29) is 0 Å². The lowest BCUT2D eigenvalue weighted by Crippen LogP contribution is -2.09. The van der Waals surface area contributed by atoms with Gasteiger partial charge in [0.05, 0.1) is 0 Å². The van der Waals surface area contributed by atoms with Crippen molar-refractivity contribution in [2.24, 2.45) is 0 Å². The summed E-state index contributed by atoms with van der Waals surface area (Å²) in [7, 11) is 0. The highest BCUT2D eigenvalue weighted by Gasteiger charge is 2.11. The third-order valence-electron chi connectivity index (χ3n) is 4.15. The van der Waals surface area contributed by atoms with Crippen molar-refractivity contribution in [1.29, 1.82) is 0 Å². The minimum atomic E-state index is -0.949. The molecule has 3 aromatic rings. The van der Waals surface area contributed by atoms with Crippen LogP contribution in [-0.4, -0.2) is 11.1 Å². The van der Waals surface area contributed by atoms with Crippen molar-refractivity contribution >= 4 is 29.1 Å². The van der Waals surface area contributed by atoms with Gasteiger partial charge in [-0.2, -0.15) is 0 Å². The van der Waals surface area contributed by atoms with E-state index in [0.29, 0.717) is 0 Å². The third kappa shape index (κ3) is 4.19. The maximum Gasteiger partial charge on any atom is 0.328 e. The number of hydrogen-bond acceptors (Lipinski definition) is 2. The molecule has 130 valence electrons. The first kappa shape index (κ1) is 17.5. The number of hydrogen-bond donors (Lipinski definition) is 1. The van der Waals surface area contributed by atoms with Crippen LogP contribution in [0.3, 0.4) is 0 Å². The first-order valence-electron chi connectivity index (χ1n) is 8.47. The van der Waals surface area contributed by atoms with Gasteiger partial charge in [0, 0.05) is 23.1 Å². The summed E-state index contributed by atoms with van der Waals surface area (Å²) in [6.07, 6.45) is 2.74. The van der Waals surface area contributed by atoms with Crippen LogP contribution in [-0.2, 0) is 4.79 Å². The second-order valence-electron chi connectivity index (χ2n) is 6.27. The number of carboxylic acids is 1. The molecule has 0 aliphatic carbocycles. The van der Waals surface area contributed by atoms with Gasteiger partial charge in [0.15, 0.2) is 0 Å². The van der Waals surface area contributed by atoms with Gasteiger partial charge in [0.25, 0.3) is 0 Å². The molecule has 3 nitrogen and oxygen atoms in total. The molecule has 0 saturated heterocycles. The summed E-state index contributed by atoms with van der Waals surface area (Å²) >= 11 is 0. The largest absolute Gasteiger partial charge is 0.478 e. The number of anilines is 3. The van der Waals surface area contributed by atoms with E-state index < -0.39 is 5.97 Å². The van der Waals surface area contributed by atoms with Crippen molar-refractivity contribution < 1.29 is 9.90 Å². The molecule has 0 heterocycles. The maximum absolute atomic E-state index is 10.7. The van der Waals surface area contributed by atoms with Gasteiger partial charge in [-0.25, -0.2) is 4.79 Å². The molecule has 0 fully saturated rings. The van der Waals surface area contributed by atoms with E-state index in [1.165, 1.54) is 11.1 Å². The van der Waals surface area contributed by atoms with E-state index in [9.17, 15) is 4.79 Å². The average molecular weight is 343 g/mol. The molecule has 0 amide bonds. The van der Waals surface area contributed by atoms with Crippen LogP contribution in [0.1, 0.15) is 16.7 Å². The Balaban J connectivity index is 2.01. The third-order valence-corrected chi connectivity index (χ3v) is 4.15. The summed E-state index contributed by atoms with van der Waals surface area (Å²) in [6, 6.07) is 24.7. The van der Waals surface area contributed by atoms with Crippen LogP contribution in [0, 0.1) is 13.8 Å². The smallest absolute Gasteiger partial charge is 0.328 e. The second kappa shape index (κ2) is 7.70. The van der Waals surface area contributed by atoms with Gasteiger partial charge in [-0.1, -0.05) is 47.5 Å². The normalized spacial score (nSPS) is 10.8. The van der Waals surface area contributed by atoms with Crippen molar-refractivity contribution in [1.82, 2.24) is 0 Å². The standard InChI is InChI=1S/C23H21NO2/c1-17-3-10-20(11-4-17)24(21-12-5-18(2)6-13-21)22-14-7-19(8-15-22)9-16-23(25)26/h3-16H,1-2H3,(H,25,26)/b16-9+. The van der Waals surface area contributed by atoms with Crippen molar-refractivity contribution in [2.75, 3.05) is 4.90 Å². The fraction of sp³-hybridized carbons (Fsp3) is 0.0870. The lowest BCUT2D eigenvalue weighted by molar-refractivity contribution is -0.131. The molecule has 26 heavy (non-hydrogen) atoms. The number of aryl methyl sites for hydroxylation is 2. The monoisotopic (exact) mass is 343 g/mol. The zero-order chi connectivity index (χ0) is 18.5. The Kier molecular flexibility index (Phi) is 5.18. The van der Waals surface area contributed by atoms with Crippen molar-refractivity contribution in [3.63, 3.8) is 0 Å². The van der Waals surface area contributed by atoms with Gasteiger partial charge in [-0.05, 0) is 61.9 Å². The minimum Gasteiger partial charge on any atom is -0.478 e. The number of aliphatic carboxylic acids is 1. The molecular formula is C23H21NO2. The molecule has 3 aromatic carbocycles. The highest BCUT2D eigenvalue weighted by atomic mass is 16.4. The predicted octanol–water partition coefficient (Wildman–Crippen LogP) is 5.87. The van der Waals surface area contributed by atoms with Gasteiger partial charge >= 0.3 is 5.97 Å². The summed E-state index contributed by atoms with van der Waals surface area (Å²) in [4.78, 5) is 12.9. The molecule has 0 aliphatic rings. The molecule has 0 radical (unpaired) electrons. The van der Waals surface area contributed by atoms with E-state index in [2.05, 4.69) is 67.3 Å². The topological polar surface area (TPSA) is 40.5 Å². The molecule has 0 unspecified atom stereocenters. The van der Waals surface area contributed by atoms with Gasteiger partial charge in [0.2, 0.25) is 0 Å². The Bertz CT molecular complexity index is 862. The van der Waals surface area contributed by atoms with E-state index in [0.717, 1.165) is 28.7 Å². The number of rotatable bonds is 5. The SMILES string of the molecule is Cc1ccc(N(c2ccc(C)cc2)c2ccc(/C=C/C(=O)O)cc2)cc1. The molecule has 0 spiro atoms. The number of benzene rings is 3. The van der Waals surface area contributed by atoms with Crippen LogP contribution in [0.15, 0.2) is 78.9 Å². The van der Waals surface area contributed by atoms with Crippen LogP contribution >= 0.6 is 0 Å². The van der Waals surface area contributed by atoms with Gasteiger partial charge in [-0.15, -0.1) is 0 Å². The fourth-order valence-electron chi connectivity index (χ4n) is 2.74. The lowest BCUT2D eigenvalue weighted by atomic mass is 10.1. The quantitative estimate of drug-likeness (QED) is 0.589. The second-order valence-corrected chi connectivity index (χ2v) is 6.27. The maximum atomic E-state index is 10.7. The predicted molar refractivity (Wildman–Crippen MR) is 107 cm³/mol. The van der Waals surface area contributed by atoms with E-state index in [1.54, 1.807) is 6.08 Å². The van der Waals surface area contributed by atoms with Crippen LogP contribution < -0.4 is 4.90 Å². The Labute approximate surface area is 153 Å². The molecule has 0 bridgehead atoms. The molecule has 0 aromatic heterocycles. The van der Waals surface area contributed by atoms with Crippen LogP contribution in [0.25, 0.3) is 6.08 Å². The van der Waals surface area contributed by atoms with Crippen LogP contribution in [0.4, 0.5) is 17.1 Å². The molecule has 0 saturated carbocycles. The molecular weight excluding hydrogens is 322 g/mol. The minimum absolute atomic E-state index is 0.851. The number of carbonyl (C=O) groups is 1. The molecule has 3 heteroatoms. The Morgan fingerprint density at radius 1 is 0.731 bits per heavy atom. The Morgan fingerprint density at radius 3 is 1.50 bits per heavy atom. The van der Waals surface area contributed by atoms with Gasteiger partial charge in [0.1, 0.15) is 0 Å². The van der Waals surface area contributed by atoms with Crippen LogP contribution in [0.5, 0.6) is 0 Å². The van der Waals surface area contributed by atoms with Crippen molar-refractivity contribution in [2.45, 2.75) is 13.8 Å². The van der Waals surface area contributed by atoms with Crippen LogP contribution in [0.2, 0.25) is 0 Å². The first-order valence-corrected chi connectivity index (χ1v) is 8.47. The zero-order valence-corrected chi connectivity index (χ0v) is 14.9. The molecule has 1 N–H and O–H groups in total. The van der Waals surface area contributed by atoms with Crippen molar-refractivity contribution in [3.8, 4) is 0 Å². The zero-order valence-electron chi connectivity index (χ0n) is 14.9. The van der Waals surface area contributed by atoms with Gasteiger partial charge in [-0.3, -0.25) is 0 Å². The molecule has 0 atom stereocenters. The van der Waals surface area contributed by atoms with E-state index >= 15 is 0 Å². The van der Waals surface area contributed by atoms with Crippen molar-refractivity contribution in [3.05, 3.63) is 95.6 Å². The first-order chi connectivity index (χ1) is 12.5. The number of carboxylic acid groups (broad SMARTS) is 1. The molecule has 0 aliphatic heterocycles. The summed E-state index contributed by atoms with van der Waals surface area (Å²) in [5.41, 5.74) is 6.45. The summed E-state index contributed by atoms with van der Waals surface area (Å²) < 4.78 is 0. The summed E-state index contributed by atoms with van der Waals surface area (Å²) in [5, 5.41) is 8.76. The Morgan fingerprint density at radius 2 is 1.12 bits per heavy atom.